The van der Waals surface area contributed by atoms with Crippen LogP contribution >= 0.6 is 11.6 Å². The van der Waals surface area contributed by atoms with E-state index in [4.69, 9.17) is 11.6 Å². The van der Waals surface area contributed by atoms with Gasteiger partial charge in [-0.15, -0.1) is 4.91 Å². The van der Waals surface area contributed by atoms with Crippen molar-refractivity contribution in [2.75, 3.05) is 7.11 Å². The maximum Gasteiger partial charge on any atom is 0.314 e. The Labute approximate surface area is 83.6 Å². The number of halogens is 1. The van der Waals surface area contributed by atoms with Crippen LogP contribution in [-0.4, -0.2) is 12.0 Å². The highest BCUT2D eigenvalue weighted by Gasteiger charge is 2.20. The number of nitrogens with zero attached hydrogens (tertiary/aromatic N) is 2. The van der Waals surface area contributed by atoms with E-state index in [2.05, 4.69) is 9.91 Å². The van der Waals surface area contributed by atoms with Gasteiger partial charge in [0.25, 0.3) is 0 Å². The van der Waals surface area contributed by atoms with Gasteiger partial charge in [0.15, 0.2) is 5.69 Å². The van der Waals surface area contributed by atoms with Crippen LogP contribution in [0.1, 0.15) is 0 Å². The molecule has 0 saturated carbocycles. The summed E-state index contributed by atoms with van der Waals surface area (Å²) in [7, 11) is 1.21. The molecule has 0 radical (unpaired) electrons. The minimum absolute atomic E-state index is 0.0621. The molecule has 0 heterocycles. The van der Waals surface area contributed by atoms with Gasteiger partial charge >= 0.3 is 5.69 Å². The largest absolute Gasteiger partial charge is 0.489 e. The molecule has 0 aliphatic rings. The van der Waals surface area contributed by atoms with Gasteiger partial charge in [-0.05, 0) is 11.2 Å². The quantitative estimate of drug-likeness (QED) is 0.442. The summed E-state index contributed by atoms with van der Waals surface area (Å²) in [6, 6.07) is 2.29. The van der Waals surface area contributed by atoms with Crippen molar-refractivity contribution < 1.29 is 9.66 Å². The van der Waals surface area contributed by atoms with E-state index in [1.165, 1.54) is 13.2 Å². The molecule has 0 amide bonds. The third kappa shape index (κ3) is 1.80. The van der Waals surface area contributed by atoms with E-state index in [1.807, 2.05) is 0 Å². The van der Waals surface area contributed by atoms with Crippen LogP contribution in [0.5, 0.6) is 5.75 Å². The Morgan fingerprint density at radius 2 is 2.21 bits per heavy atom. The number of hydrogen-bond donors (Lipinski definition) is 0. The van der Waals surface area contributed by atoms with E-state index < -0.39 is 4.92 Å². The number of nitroso groups, excluding NO2 is 1. The van der Waals surface area contributed by atoms with E-state index >= 15 is 0 Å². The lowest BCUT2D eigenvalue weighted by molar-refractivity contribution is -0.385. The Hall–Kier alpha value is -1.69. The minimum Gasteiger partial charge on any atom is -0.489 e. The monoisotopic (exact) mass is 216 g/mol. The highest BCUT2D eigenvalue weighted by Crippen LogP contribution is 2.39. The number of hydrogen-bond acceptors (Lipinski definition) is 5. The number of benzene rings is 1. The maximum atomic E-state index is 10.5. The van der Waals surface area contributed by atoms with Crippen molar-refractivity contribution in [3.8, 4) is 5.75 Å². The molecular formula is C7H5ClN2O4. The van der Waals surface area contributed by atoms with E-state index in [-0.39, 0.29) is 22.1 Å². The molecule has 0 fully saturated rings. The lowest BCUT2D eigenvalue weighted by Gasteiger charge is -2.03. The van der Waals surface area contributed by atoms with Crippen molar-refractivity contribution in [1.29, 1.82) is 0 Å². The summed E-state index contributed by atoms with van der Waals surface area (Å²) in [6.07, 6.45) is 0. The highest BCUT2D eigenvalue weighted by molar-refractivity contribution is 6.31. The third-order valence-electron chi connectivity index (χ3n) is 1.51. The molecule has 6 nitrogen and oxygen atoms in total. The first-order chi connectivity index (χ1) is 6.60. The topological polar surface area (TPSA) is 81.8 Å². The first-order valence-corrected chi connectivity index (χ1v) is 3.83. The van der Waals surface area contributed by atoms with Gasteiger partial charge in [-0.25, -0.2) is 0 Å². The molecule has 74 valence electrons. The average Bonchev–Trinajstić information content (AvgIpc) is 2.16. The van der Waals surface area contributed by atoms with E-state index in [1.54, 1.807) is 0 Å². The van der Waals surface area contributed by atoms with Crippen LogP contribution in [-0.2, 0) is 0 Å². The Morgan fingerprint density at radius 1 is 1.57 bits per heavy atom. The zero-order valence-corrected chi connectivity index (χ0v) is 7.82. The van der Waals surface area contributed by atoms with Crippen molar-refractivity contribution in [3.05, 3.63) is 32.2 Å². The Bertz CT molecular complexity index is 394. The summed E-state index contributed by atoms with van der Waals surface area (Å²) in [4.78, 5) is 20.1. The van der Waals surface area contributed by atoms with Crippen molar-refractivity contribution in [3.63, 3.8) is 0 Å². The SMILES string of the molecule is COc1c(N=O)cc(Cl)cc1[N+](=O)[O-]. The molecule has 0 aliphatic carbocycles. The fourth-order valence-electron chi connectivity index (χ4n) is 0.978. The number of rotatable bonds is 3. The maximum absolute atomic E-state index is 10.5. The zero-order valence-electron chi connectivity index (χ0n) is 7.06. The molecule has 0 bridgehead atoms. The zero-order chi connectivity index (χ0) is 10.7. The van der Waals surface area contributed by atoms with E-state index in [0.717, 1.165) is 6.07 Å². The summed E-state index contributed by atoms with van der Waals surface area (Å²) in [5.74, 6) is -0.186. The predicted molar refractivity (Wildman–Crippen MR) is 50.1 cm³/mol. The summed E-state index contributed by atoms with van der Waals surface area (Å²) in [5, 5.41) is 13.2. The third-order valence-corrected chi connectivity index (χ3v) is 1.73. The van der Waals surface area contributed by atoms with Gasteiger partial charge in [0, 0.05) is 11.1 Å². The van der Waals surface area contributed by atoms with Gasteiger partial charge in [-0.1, -0.05) is 11.6 Å². The van der Waals surface area contributed by atoms with Crippen molar-refractivity contribution >= 4 is 23.0 Å². The first kappa shape index (κ1) is 10.4. The fourth-order valence-corrected chi connectivity index (χ4v) is 1.18. The molecule has 0 spiro atoms. The van der Waals surface area contributed by atoms with Gasteiger partial charge in [-0.3, -0.25) is 10.1 Å². The minimum atomic E-state index is -0.695. The van der Waals surface area contributed by atoms with Gasteiger partial charge in [0.2, 0.25) is 5.75 Å². The van der Waals surface area contributed by atoms with Crippen LogP contribution in [0.3, 0.4) is 0 Å². The molecular weight excluding hydrogens is 212 g/mol. The average molecular weight is 217 g/mol. The van der Waals surface area contributed by atoms with Crippen LogP contribution in [0.4, 0.5) is 11.4 Å². The molecule has 0 unspecified atom stereocenters. The second kappa shape index (κ2) is 4.01. The number of ether oxygens (including phenoxy) is 1. The molecule has 1 aromatic carbocycles. The molecule has 0 aliphatic heterocycles. The second-order valence-electron chi connectivity index (χ2n) is 2.33. The van der Waals surface area contributed by atoms with Crippen LogP contribution in [0.15, 0.2) is 17.3 Å². The van der Waals surface area contributed by atoms with Crippen molar-refractivity contribution in [2.45, 2.75) is 0 Å². The predicted octanol–water partition coefficient (Wildman–Crippen LogP) is 2.65. The Kier molecular flexibility index (Phi) is 2.98. The van der Waals surface area contributed by atoms with Crippen molar-refractivity contribution in [1.82, 2.24) is 0 Å². The summed E-state index contributed by atoms with van der Waals surface area (Å²) in [5.41, 5.74) is -0.568. The van der Waals surface area contributed by atoms with Gasteiger partial charge in [-0.2, -0.15) is 0 Å². The molecule has 0 N–H and O–H groups in total. The smallest absolute Gasteiger partial charge is 0.314 e. The molecule has 0 aromatic heterocycles. The molecule has 1 rings (SSSR count). The van der Waals surface area contributed by atoms with Gasteiger partial charge in [0.1, 0.15) is 0 Å². The standard InChI is InChI=1S/C7H5ClN2O4/c1-14-7-5(9-11)2-4(8)3-6(7)10(12)13/h2-3H,1H3. The highest BCUT2D eigenvalue weighted by atomic mass is 35.5. The molecule has 14 heavy (non-hydrogen) atoms. The normalized spacial score (nSPS) is 9.57. The second-order valence-corrected chi connectivity index (χ2v) is 2.76. The number of methoxy groups -OCH3 is 1. The molecule has 0 atom stereocenters. The van der Waals surface area contributed by atoms with Crippen LogP contribution in [0.2, 0.25) is 5.02 Å². The Balaban J connectivity index is 3.46. The fraction of sp³-hybridized carbons (Fsp3) is 0.143. The number of nitro groups is 1. The van der Waals surface area contributed by atoms with Crippen LogP contribution in [0, 0.1) is 15.0 Å². The Morgan fingerprint density at radius 3 is 2.64 bits per heavy atom. The lowest BCUT2D eigenvalue weighted by Crippen LogP contribution is -1.93. The molecule has 1 aromatic rings. The molecule has 7 heteroatoms. The summed E-state index contributed by atoms with van der Waals surface area (Å²) in [6.45, 7) is 0. The van der Waals surface area contributed by atoms with Gasteiger partial charge in [0.05, 0.1) is 12.0 Å². The van der Waals surface area contributed by atoms with Gasteiger partial charge < -0.3 is 4.74 Å². The first-order valence-electron chi connectivity index (χ1n) is 3.45. The molecule has 0 saturated heterocycles. The van der Waals surface area contributed by atoms with E-state index in [9.17, 15) is 15.0 Å². The lowest BCUT2D eigenvalue weighted by atomic mass is 10.2. The van der Waals surface area contributed by atoms with Crippen LogP contribution < -0.4 is 4.74 Å². The van der Waals surface area contributed by atoms with E-state index in [0.29, 0.717) is 0 Å². The summed E-state index contributed by atoms with van der Waals surface area (Å²) < 4.78 is 4.69. The van der Waals surface area contributed by atoms with Crippen molar-refractivity contribution in [2.24, 2.45) is 5.18 Å². The van der Waals surface area contributed by atoms with Crippen LogP contribution in [0.25, 0.3) is 0 Å². The number of nitro benzene ring substituents is 1. The summed E-state index contributed by atoms with van der Waals surface area (Å²) >= 11 is 5.54.